The Labute approximate surface area is 142 Å². The average molecular weight is 332 g/mol. The molecule has 1 N–H and O–H groups in total. The lowest BCUT2D eigenvalue weighted by Gasteiger charge is -2.24. The highest BCUT2D eigenvalue weighted by Crippen LogP contribution is 2.31. The molecule has 0 unspecified atom stereocenters. The number of aryl methyl sites for hydroxylation is 2. The molecule has 1 aliphatic rings. The monoisotopic (exact) mass is 331 g/mol. The summed E-state index contributed by atoms with van der Waals surface area (Å²) in [5.74, 6) is 0.0246. The van der Waals surface area contributed by atoms with Gasteiger partial charge in [0.25, 0.3) is 0 Å². The van der Waals surface area contributed by atoms with Crippen LogP contribution in [0.1, 0.15) is 30.1 Å². The zero-order valence-corrected chi connectivity index (χ0v) is 14.3. The number of halogens is 1. The Morgan fingerprint density at radius 2 is 2.22 bits per heavy atom. The lowest BCUT2D eigenvalue weighted by molar-refractivity contribution is -0.117. The standard InChI is InChI=1S/C18H22ClN3O/c1-13-11-14(19)7-8-15(13)20-18(23)12-22-10-4-6-17(22)16-5-3-9-21(16)2/h3,5,7-9,11,17H,4,6,10,12H2,1-2H3,(H,20,23)/t17-/m0/s1. The molecule has 5 heteroatoms. The predicted molar refractivity (Wildman–Crippen MR) is 93.8 cm³/mol. The highest BCUT2D eigenvalue weighted by atomic mass is 35.5. The maximum Gasteiger partial charge on any atom is 0.238 e. The third kappa shape index (κ3) is 3.59. The number of hydrogen-bond acceptors (Lipinski definition) is 2. The van der Waals surface area contributed by atoms with E-state index in [4.69, 9.17) is 11.6 Å². The number of carbonyl (C=O) groups is 1. The quantitative estimate of drug-likeness (QED) is 0.926. The molecule has 0 spiro atoms. The second-order valence-electron chi connectivity index (χ2n) is 6.18. The van der Waals surface area contributed by atoms with Crippen molar-refractivity contribution in [2.24, 2.45) is 7.05 Å². The van der Waals surface area contributed by atoms with Crippen LogP contribution in [0.25, 0.3) is 0 Å². The van der Waals surface area contributed by atoms with Crippen LogP contribution in [-0.4, -0.2) is 28.5 Å². The summed E-state index contributed by atoms with van der Waals surface area (Å²) in [5, 5.41) is 3.68. The van der Waals surface area contributed by atoms with Crippen molar-refractivity contribution in [1.29, 1.82) is 0 Å². The van der Waals surface area contributed by atoms with E-state index < -0.39 is 0 Å². The molecule has 1 saturated heterocycles. The molecule has 0 bridgehead atoms. The summed E-state index contributed by atoms with van der Waals surface area (Å²) < 4.78 is 2.14. The zero-order valence-electron chi connectivity index (χ0n) is 13.6. The molecule has 1 aliphatic heterocycles. The van der Waals surface area contributed by atoms with Crippen molar-refractivity contribution in [2.75, 3.05) is 18.4 Å². The van der Waals surface area contributed by atoms with E-state index in [2.05, 4.69) is 40.2 Å². The number of aromatic nitrogens is 1. The summed E-state index contributed by atoms with van der Waals surface area (Å²) in [5.41, 5.74) is 3.08. The van der Waals surface area contributed by atoms with Gasteiger partial charge in [0, 0.05) is 29.6 Å². The maximum absolute atomic E-state index is 12.4. The van der Waals surface area contributed by atoms with Crippen molar-refractivity contribution < 1.29 is 4.79 Å². The van der Waals surface area contributed by atoms with Crippen LogP contribution < -0.4 is 5.32 Å². The third-order valence-electron chi connectivity index (χ3n) is 4.50. The number of anilines is 1. The van der Waals surface area contributed by atoms with Gasteiger partial charge in [-0.3, -0.25) is 9.69 Å². The summed E-state index contributed by atoms with van der Waals surface area (Å²) in [6.45, 7) is 3.32. The van der Waals surface area contributed by atoms with Crippen LogP contribution in [0, 0.1) is 6.92 Å². The molecule has 4 nitrogen and oxygen atoms in total. The minimum absolute atomic E-state index is 0.0246. The minimum Gasteiger partial charge on any atom is -0.353 e. The molecule has 1 atom stereocenters. The van der Waals surface area contributed by atoms with Crippen LogP contribution >= 0.6 is 11.6 Å². The SMILES string of the molecule is Cc1cc(Cl)ccc1NC(=O)CN1CCC[C@H]1c1cccn1C. The summed E-state index contributed by atoms with van der Waals surface area (Å²) in [6, 6.07) is 10.0. The number of carbonyl (C=O) groups excluding carboxylic acids is 1. The van der Waals surface area contributed by atoms with Crippen molar-refractivity contribution >= 4 is 23.2 Å². The van der Waals surface area contributed by atoms with Gasteiger partial charge < -0.3 is 9.88 Å². The van der Waals surface area contributed by atoms with Gasteiger partial charge in [-0.2, -0.15) is 0 Å². The Morgan fingerprint density at radius 1 is 1.39 bits per heavy atom. The van der Waals surface area contributed by atoms with Crippen LogP contribution in [-0.2, 0) is 11.8 Å². The summed E-state index contributed by atoms with van der Waals surface area (Å²) in [6.07, 6.45) is 4.29. The smallest absolute Gasteiger partial charge is 0.238 e. The highest BCUT2D eigenvalue weighted by molar-refractivity contribution is 6.30. The molecule has 122 valence electrons. The molecule has 1 aromatic carbocycles. The highest BCUT2D eigenvalue weighted by Gasteiger charge is 2.28. The van der Waals surface area contributed by atoms with Crippen molar-refractivity contribution in [3.05, 3.63) is 52.8 Å². The van der Waals surface area contributed by atoms with E-state index in [1.807, 2.05) is 19.1 Å². The largest absolute Gasteiger partial charge is 0.353 e. The first-order chi connectivity index (χ1) is 11.0. The molecule has 2 aromatic rings. The van der Waals surface area contributed by atoms with Gasteiger partial charge >= 0.3 is 0 Å². The molecule has 2 heterocycles. The van der Waals surface area contributed by atoms with Gasteiger partial charge in [0.2, 0.25) is 5.91 Å². The summed E-state index contributed by atoms with van der Waals surface area (Å²) in [7, 11) is 2.06. The minimum atomic E-state index is 0.0246. The Morgan fingerprint density at radius 3 is 2.91 bits per heavy atom. The van der Waals surface area contributed by atoms with Crippen LogP contribution in [0.2, 0.25) is 5.02 Å². The van der Waals surface area contributed by atoms with Crippen LogP contribution in [0.4, 0.5) is 5.69 Å². The molecule has 23 heavy (non-hydrogen) atoms. The van der Waals surface area contributed by atoms with E-state index in [1.165, 1.54) is 5.69 Å². The topological polar surface area (TPSA) is 37.3 Å². The third-order valence-corrected chi connectivity index (χ3v) is 4.73. The molecule has 1 fully saturated rings. The van der Waals surface area contributed by atoms with Gasteiger partial charge in [0.05, 0.1) is 12.6 Å². The van der Waals surface area contributed by atoms with E-state index in [9.17, 15) is 4.79 Å². The lowest BCUT2D eigenvalue weighted by atomic mass is 10.1. The van der Waals surface area contributed by atoms with E-state index >= 15 is 0 Å². The molecule has 0 saturated carbocycles. The Kier molecular flexibility index (Phi) is 4.74. The summed E-state index contributed by atoms with van der Waals surface area (Å²) in [4.78, 5) is 14.7. The number of nitrogens with zero attached hydrogens (tertiary/aromatic N) is 2. The van der Waals surface area contributed by atoms with Gasteiger partial charge in [0.15, 0.2) is 0 Å². The molecule has 1 amide bonds. The lowest BCUT2D eigenvalue weighted by Crippen LogP contribution is -2.33. The number of benzene rings is 1. The van der Waals surface area contributed by atoms with E-state index in [0.717, 1.165) is 30.6 Å². The normalized spacial score (nSPS) is 18.3. The van der Waals surface area contributed by atoms with Crippen LogP contribution in [0.5, 0.6) is 0 Å². The van der Waals surface area contributed by atoms with Crippen molar-refractivity contribution in [2.45, 2.75) is 25.8 Å². The average Bonchev–Trinajstić information content (AvgIpc) is 3.10. The maximum atomic E-state index is 12.4. The Balaban J connectivity index is 1.66. The van der Waals surface area contributed by atoms with E-state index in [0.29, 0.717) is 17.6 Å². The second-order valence-corrected chi connectivity index (χ2v) is 6.62. The number of likely N-dealkylation sites (tertiary alicyclic amines) is 1. The number of nitrogens with one attached hydrogen (secondary N) is 1. The van der Waals surface area contributed by atoms with Gasteiger partial charge in [-0.15, -0.1) is 0 Å². The van der Waals surface area contributed by atoms with Gasteiger partial charge in [-0.05, 0) is 62.2 Å². The molecular formula is C18H22ClN3O. The first-order valence-corrected chi connectivity index (χ1v) is 8.33. The Hall–Kier alpha value is -1.78. The van der Waals surface area contributed by atoms with Gasteiger partial charge in [0.1, 0.15) is 0 Å². The predicted octanol–water partition coefficient (Wildman–Crippen LogP) is 3.76. The molecule has 0 radical (unpaired) electrons. The number of rotatable bonds is 4. The fraction of sp³-hybridized carbons (Fsp3) is 0.389. The van der Waals surface area contributed by atoms with Crippen molar-refractivity contribution in [3.63, 3.8) is 0 Å². The van der Waals surface area contributed by atoms with Crippen LogP contribution in [0.3, 0.4) is 0 Å². The molecule has 3 rings (SSSR count). The first-order valence-electron chi connectivity index (χ1n) is 7.96. The fourth-order valence-electron chi connectivity index (χ4n) is 3.31. The van der Waals surface area contributed by atoms with Crippen LogP contribution in [0.15, 0.2) is 36.5 Å². The number of hydrogen-bond donors (Lipinski definition) is 1. The van der Waals surface area contributed by atoms with Crippen molar-refractivity contribution in [3.8, 4) is 0 Å². The second kappa shape index (κ2) is 6.77. The number of amides is 1. The Bertz CT molecular complexity index is 710. The summed E-state index contributed by atoms with van der Waals surface area (Å²) >= 11 is 5.96. The molecular weight excluding hydrogens is 310 g/mol. The first kappa shape index (κ1) is 16.1. The van der Waals surface area contributed by atoms with Gasteiger partial charge in [-0.1, -0.05) is 11.6 Å². The zero-order chi connectivity index (χ0) is 16.4. The van der Waals surface area contributed by atoms with E-state index in [-0.39, 0.29) is 5.91 Å². The van der Waals surface area contributed by atoms with Gasteiger partial charge in [-0.25, -0.2) is 0 Å². The molecule has 1 aromatic heterocycles. The van der Waals surface area contributed by atoms with E-state index in [1.54, 1.807) is 6.07 Å². The fourth-order valence-corrected chi connectivity index (χ4v) is 3.54. The molecule has 0 aliphatic carbocycles. The van der Waals surface area contributed by atoms with Crippen molar-refractivity contribution in [1.82, 2.24) is 9.47 Å².